The predicted molar refractivity (Wildman–Crippen MR) is 93.5 cm³/mol. The number of carbonyl (C=O) groups excluding carboxylic acids is 2. The fourth-order valence-electron chi connectivity index (χ4n) is 3.50. The number of H-pyrrole nitrogens is 1. The first-order chi connectivity index (χ1) is 11.5. The Labute approximate surface area is 141 Å². The van der Waals surface area contributed by atoms with Gasteiger partial charge in [-0.15, -0.1) is 0 Å². The molecule has 2 aromatic rings. The van der Waals surface area contributed by atoms with Crippen LogP contribution in [0.3, 0.4) is 0 Å². The summed E-state index contributed by atoms with van der Waals surface area (Å²) in [5, 5.41) is 3.69. The summed E-state index contributed by atoms with van der Waals surface area (Å²) in [6.07, 6.45) is 4.46. The van der Waals surface area contributed by atoms with Gasteiger partial charge in [0.25, 0.3) is 0 Å². The Morgan fingerprint density at radius 3 is 2.96 bits per heavy atom. The van der Waals surface area contributed by atoms with E-state index < -0.39 is 12.1 Å². The van der Waals surface area contributed by atoms with Gasteiger partial charge in [-0.3, -0.25) is 4.79 Å². The molecule has 6 heteroatoms. The van der Waals surface area contributed by atoms with Gasteiger partial charge >= 0.3 is 6.03 Å². The smallest absolute Gasteiger partial charge is 0.312 e. The van der Waals surface area contributed by atoms with Gasteiger partial charge in [-0.1, -0.05) is 25.1 Å². The molecule has 1 aromatic carbocycles. The number of amides is 3. The van der Waals surface area contributed by atoms with Crippen molar-refractivity contribution < 1.29 is 9.59 Å². The number of nitrogens with zero attached hydrogens (tertiary/aromatic N) is 1. The first kappa shape index (κ1) is 16.4. The first-order valence-corrected chi connectivity index (χ1v) is 8.44. The van der Waals surface area contributed by atoms with Gasteiger partial charge in [0.2, 0.25) is 5.91 Å². The molecule has 0 bridgehead atoms. The molecule has 0 saturated carbocycles. The van der Waals surface area contributed by atoms with Crippen LogP contribution in [0.2, 0.25) is 0 Å². The SMILES string of the molecule is C[C@H]1CCCN(C(=O)[C@@H](Cc2c[nH]c3ccccc23)NC(N)=O)C1. The van der Waals surface area contributed by atoms with Crippen LogP contribution in [-0.4, -0.2) is 41.0 Å². The van der Waals surface area contributed by atoms with Crippen molar-refractivity contribution in [2.45, 2.75) is 32.2 Å². The maximum absolute atomic E-state index is 12.9. The van der Waals surface area contributed by atoms with Crippen molar-refractivity contribution in [3.63, 3.8) is 0 Å². The quantitative estimate of drug-likeness (QED) is 0.801. The number of benzene rings is 1. The minimum Gasteiger partial charge on any atom is -0.361 e. The van der Waals surface area contributed by atoms with Crippen molar-refractivity contribution in [2.24, 2.45) is 11.7 Å². The molecule has 2 heterocycles. The molecule has 1 fully saturated rings. The first-order valence-electron chi connectivity index (χ1n) is 8.44. The van der Waals surface area contributed by atoms with E-state index in [1.807, 2.05) is 35.4 Å². The Morgan fingerprint density at radius 1 is 1.42 bits per heavy atom. The van der Waals surface area contributed by atoms with Gasteiger partial charge in [0, 0.05) is 36.6 Å². The molecule has 1 aliphatic heterocycles. The molecule has 0 radical (unpaired) electrons. The molecular weight excluding hydrogens is 304 g/mol. The van der Waals surface area contributed by atoms with E-state index in [1.165, 1.54) is 0 Å². The minimum absolute atomic E-state index is 0.0503. The van der Waals surface area contributed by atoms with Crippen molar-refractivity contribution in [3.05, 3.63) is 36.0 Å². The molecular formula is C18H24N4O2. The van der Waals surface area contributed by atoms with Gasteiger partial charge in [-0.05, 0) is 30.4 Å². The van der Waals surface area contributed by atoms with Crippen LogP contribution < -0.4 is 11.1 Å². The van der Waals surface area contributed by atoms with Crippen molar-refractivity contribution in [3.8, 4) is 0 Å². The summed E-state index contributed by atoms with van der Waals surface area (Å²) in [4.78, 5) is 29.3. The summed E-state index contributed by atoms with van der Waals surface area (Å²) >= 11 is 0. The molecule has 4 N–H and O–H groups in total. The molecule has 0 unspecified atom stereocenters. The third kappa shape index (κ3) is 3.53. The highest BCUT2D eigenvalue weighted by atomic mass is 16.2. The summed E-state index contributed by atoms with van der Waals surface area (Å²) in [7, 11) is 0. The standard InChI is InChI=1S/C18H24N4O2/c1-12-5-4-8-22(11-12)17(23)16(21-18(19)24)9-13-10-20-15-7-3-2-6-14(13)15/h2-3,6-7,10,12,16,20H,4-5,8-9,11H2,1H3,(H3,19,21,24)/t12-,16+/m0/s1. The van der Waals surface area contributed by atoms with Crippen molar-refractivity contribution in [2.75, 3.05) is 13.1 Å². The number of piperidine rings is 1. The van der Waals surface area contributed by atoms with Gasteiger partial charge in [0.15, 0.2) is 0 Å². The lowest BCUT2D eigenvalue weighted by atomic mass is 9.98. The Morgan fingerprint density at radius 2 is 2.21 bits per heavy atom. The van der Waals surface area contributed by atoms with Crippen LogP contribution in [0.1, 0.15) is 25.3 Å². The number of primary amides is 1. The number of hydrogen-bond donors (Lipinski definition) is 3. The molecule has 1 saturated heterocycles. The van der Waals surface area contributed by atoms with Crippen LogP contribution in [0.15, 0.2) is 30.5 Å². The van der Waals surface area contributed by atoms with Crippen molar-refractivity contribution >= 4 is 22.8 Å². The van der Waals surface area contributed by atoms with Crippen molar-refractivity contribution in [1.82, 2.24) is 15.2 Å². The van der Waals surface area contributed by atoms with Crippen LogP contribution in [0.25, 0.3) is 10.9 Å². The maximum Gasteiger partial charge on any atom is 0.312 e. The number of likely N-dealkylation sites (tertiary alicyclic amines) is 1. The number of hydrogen-bond acceptors (Lipinski definition) is 2. The molecule has 1 aliphatic rings. The number of para-hydroxylation sites is 1. The third-order valence-electron chi connectivity index (χ3n) is 4.68. The summed E-state index contributed by atoms with van der Waals surface area (Å²) in [5.74, 6) is 0.440. The van der Waals surface area contributed by atoms with Crippen LogP contribution >= 0.6 is 0 Å². The Balaban J connectivity index is 1.81. The van der Waals surface area contributed by atoms with Crippen molar-refractivity contribution in [1.29, 1.82) is 0 Å². The zero-order chi connectivity index (χ0) is 17.1. The summed E-state index contributed by atoms with van der Waals surface area (Å²) in [5.41, 5.74) is 7.32. The van der Waals surface area contributed by atoms with Crippen LogP contribution in [0.5, 0.6) is 0 Å². The molecule has 2 atom stereocenters. The molecule has 24 heavy (non-hydrogen) atoms. The second-order valence-electron chi connectivity index (χ2n) is 6.66. The highest BCUT2D eigenvalue weighted by molar-refractivity contribution is 5.89. The Hall–Kier alpha value is -2.50. The summed E-state index contributed by atoms with van der Waals surface area (Å²) in [6.45, 7) is 3.63. The van der Waals surface area contributed by atoms with E-state index in [0.29, 0.717) is 12.3 Å². The monoisotopic (exact) mass is 328 g/mol. The number of aromatic nitrogens is 1. The average molecular weight is 328 g/mol. The number of urea groups is 1. The number of nitrogens with two attached hydrogens (primary N) is 1. The topological polar surface area (TPSA) is 91.2 Å². The molecule has 1 aromatic heterocycles. The second-order valence-corrected chi connectivity index (χ2v) is 6.66. The van der Waals surface area contributed by atoms with Gasteiger partial charge < -0.3 is 20.9 Å². The second kappa shape index (κ2) is 6.95. The Kier molecular flexibility index (Phi) is 4.74. The number of carbonyl (C=O) groups is 2. The fraction of sp³-hybridized carbons (Fsp3) is 0.444. The maximum atomic E-state index is 12.9. The highest BCUT2D eigenvalue weighted by Crippen LogP contribution is 2.21. The van der Waals surface area contributed by atoms with Gasteiger partial charge in [0.05, 0.1) is 0 Å². The molecule has 0 spiro atoms. The lowest BCUT2D eigenvalue weighted by molar-refractivity contribution is -0.134. The van der Waals surface area contributed by atoms with E-state index in [0.717, 1.165) is 42.4 Å². The predicted octanol–water partition coefficient (Wildman–Crippen LogP) is 2.01. The normalized spacial score (nSPS) is 19.2. The molecule has 128 valence electrons. The third-order valence-corrected chi connectivity index (χ3v) is 4.68. The van der Waals surface area contributed by atoms with Gasteiger partial charge in [0.1, 0.15) is 6.04 Å². The van der Waals surface area contributed by atoms with Crippen LogP contribution in [0.4, 0.5) is 4.79 Å². The lowest BCUT2D eigenvalue weighted by Crippen LogP contribution is -2.53. The summed E-state index contributed by atoms with van der Waals surface area (Å²) in [6, 6.07) is 6.62. The number of rotatable bonds is 4. The molecule has 6 nitrogen and oxygen atoms in total. The number of nitrogens with one attached hydrogen (secondary N) is 2. The zero-order valence-corrected chi connectivity index (χ0v) is 13.9. The Bertz CT molecular complexity index is 739. The van der Waals surface area contributed by atoms with Gasteiger partial charge in [-0.25, -0.2) is 4.79 Å². The number of aromatic amines is 1. The fourth-order valence-corrected chi connectivity index (χ4v) is 3.50. The lowest BCUT2D eigenvalue weighted by Gasteiger charge is -2.33. The van der Waals surface area contributed by atoms with E-state index in [2.05, 4.69) is 17.2 Å². The zero-order valence-electron chi connectivity index (χ0n) is 13.9. The van der Waals surface area contributed by atoms with E-state index in [4.69, 9.17) is 5.73 Å². The van der Waals surface area contributed by atoms with E-state index in [-0.39, 0.29) is 5.91 Å². The minimum atomic E-state index is -0.668. The van der Waals surface area contributed by atoms with Gasteiger partial charge in [-0.2, -0.15) is 0 Å². The average Bonchev–Trinajstić information content (AvgIpc) is 2.96. The van der Waals surface area contributed by atoms with Crippen LogP contribution in [-0.2, 0) is 11.2 Å². The van der Waals surface area contributed by atoms with E-state index >= 15 is 0 Å². The molecule has 3 rings (SSSR count). The molecule has 0 aliphatic carbocycles. The van der Waals surface area contributed by atoms with E-state index in [1.54, 1.807) is 0 Å². The number of fused-ring (bicyclic) bond motifs is 1. The van der Waals surface area contributed by atoms with E-state index in [9.17, 15) is 9.59 Å². The highest BCUT2D eigenvalue weighted by Gasteiger charge is 2.29. The van der Waals surface area contributed by atoms with Crippen LogP contribution in [0, 0.1) is 5.92 Å². The largest absolute Gasteiger partial charge is 0.361 e. The molecule has 3 amide bonds. The summed E-state index contributed by atoms with van der Waals surface area (Å²) < 4.78 is 0.